The molecule has 9 heteroatoms. The maximum atomic E-state index is 12.1. The van der Waals surface area contributed by atoms with Crippen LogP contribution in [-0.4, -0.2) is 34.5 Å². The van der Waals surface area contributed by atoms with Gasteiger partial charge in [0.05, 0.1) is 5.69 Å². The van der Waals surface area contributed by atoms with Crippen LogP contribution in [0.2, 0.25) is 0 Å². The largest absolute Gasteiger partial charge is 0.352 e. The number of aromatic amines is 1. The molecule has 4 N–H and O–H groups in total. The van der Waals surface area contributed by atoms with Crippen molar-refractivity contribution in [1.82, 2.24) is 26.4 Å². The average Bonchev–Trinajstić information content (AvgIpc) is 3.23. The SMILES string of the molecule is O=C(CCNC(=O)c1ccc(Br)cc1)NNC(=O)c1cc(-c2ccccc2)n[nH]1. The number of carbonyl (C=O) groups excluding carboxylic acids is 3. The molecule has 2 aromatic carbocycles. The van der Waals surface area contributed by atoms with Gasteiger partial charge in [-0.15, -0.1) is 0 Å². The van der Waals surface area contributed by atoms with Crippen molar-refractivity contribution in [3.8, 4) is 11.3 Å². The van der Waals surface area contributed by atoms with E-state index in [1.54, 1.807) is 30.3 Å². The molecule has 0 aliphatic heterocycles. The van der Waals surface area contributed by atoms with Crippen molar-refractivity contribution in [2.75, 3.05) is 6.54 Å². The Bertz CT molecular complexity index is 1000. The molecule has 3 amide bonds. The summed E-state index contributed by atoms with van der Waals surface area (Å²) in [5, 5.41) is 9.37. The van der Waals surface area contributed by atoms with E-state index in [0.29, 0.717) is 11.3 Å². The fourth-order valence-corrected chi connectivity index (χ4v) is 2.71. The van der Waals surface area contributed by atoms with Gasteiger partial charge in [-0.1, -0.05) is 46.3 Å². The van der Waals surface area contributed by atoms with Crippen LogP contribution in [0.15, 0.2) is 65.1 Å². The Morgan fingerprint density at radius 2 is 1.66 bits per heavy atom. The average molecular weight is 456 g/mol. The lowest BCUT2D eigenvalue weighted by Gasteiger charge is -2.07. The molecule has 0 saturated carbocycles. The first-order valence-corrected chi connectivity index (χ1v) is 9.56. The van der Waals surface area contributed by atoms with Crippen molar-refractivity contribution < 1.29 is 14.4 Å². The number of rotatable bonds is 6. The molecular formula is C20H18BrN5O3. The van der Waals surface area contributed by atoms with Gasteiger partial charge < -0.3 is 5.32 Å². The lowest BCUT2D eigenvalue weighted by molar-refractivity contribution is -0.121. The fraction of sp³-hybridized carbons (Fsp3) is 0.100. The second-order valence-electron chi connectivity index (χ2n) is 6.05. The molecule has 3 aromatic rings. The number of nitrogens with one attached hydrogen (secondary N) is 4. The summed E-state index contributed by atoms with van der Waals surface area (Å²) in [4.78, 5) is 35.9. The van der Waals surface area contributed by atoms with Crippen molar-refractivity contribution in [3.63, 3.8) is 0 Å². The fourth-order valence-electron chi connectivity index (χ4n) is 2.44. The van der Waals surface area contributed by atoms with Crippen LogP contribution in [0.4, 0.5) is 0 Å². The highest BCUT2D eigenvalue weighted by atomic mass is 79.9. The van der Waals surface area contributed by atoms with Gasteiger partial charge in [0, 0.05) is 28.6 Å². The van der Waals surface area contributed by atoms with Gasteiger partial charge in [0.25, 0.3) is 11.8 Å². The minimum atomic E-state index is -0.521. The van der Waals surface area contributed by atoms with Crippen LogP contribution in [0.25, 0.3) is 11.3 Å². The summed E-state index contributed by atoms with van der Waals surface area (Å²) in [5.41, 5.74) is 6.82. The highest BCUT2D eigenvalue weighted by Crippen LogP contribution is 2.16. The van der Waals surface area contributed by atoms with Crippen LogP contribution in [0.1, 0.15) is 27.3 Å². The normalized spacial score (nSPS) is 10.2. The van der Waals surface area contributed by atoms with Gasteiger partial charge in [-0.05, 0) is 30.3 Å². The maximum Gasteiger partial charge on any atom is 0.287 e. The van der Waals surface area contributed by atoms with Gasteiger partial charge in [0.15, 0.2) is 0 Å². The highest BCUT2D eigenvalue weighted by Gasteiger charge is 2.12. The molecule has 0 radical (unpaired) electrons. The van der Waals surface area contributed by atoms with E-state index in [1.807, 2.05) is 30.3 Å². The minimum Gasteiger partial charge on any atom is -0.352 e. The van der Waals surface area contributed by atoms with Crippen molar-refractivity contribution in [1.29, 1.82) is 0 Å². The van der Waals surface area contributed by atoms with Crippen LogP contribution < -0.4 is 16.2 Å². The topological polar surface area (TPSA) is 116 Å². The number of carbonyl (C=O) groups is 3. The van der Waals surface area contributed by atoms with E-state index in [4.69, 9.17) is 0 Å². The molecule has 3 rings (SSSR count). The third kappa shape index (κ3) is 5.76. The first-order chi connectivity index (χ1) is 14.0. The lowest BCUT2D eigenvalue weighted by Crippen LogP contribution is -2.43. The summed E-state index contributed by atoms with van der Waals surface area (Å²) in [6, 6.07) is 17.9. The molecule has 0 fully saturated rings. The Kier molecular flexibility index (Phi) is 6.75. The molecule has 0 aliphatic carbocycles. The van der Waals surface area contributed by atoms with Crippen LogP contribution in [0.5, 0.6) is 0 Å². The van der Waals surface area contributed by atoms with Crippen molar-refractivity contribution in [3.05, 3.63) is 76.4 Å². The molecule has 8 nitrogen and oxygen atoms in total. The number of aromatic nitrogens is 2. The van der Waals surface area contributed by atoms with Gasteiger partial charge in [0.2, 0.25) is 5.91 Å². The summed E-state index contributed by atoms with van der Waals surface area (Å²) in [6.45, 7) is 0.138. The summed E-state index contributed by atoms with van der Waals surface area (Å²) in [7, 11) is 0. The van der Waals surface area contributed by atoms with E-state index in [-0.39, 0.29) is 24.6 Å². The summed E-state index contributed by atoms with van der Waals surface area (Å²) in [6.07, 6.45) is 0.0147. The summed E-state index contributed by atoms with van der Waals surface area (Å²) < 4.78 is 0.873. The second kappa shape index (κ2) is 9.65. The monoisotopic (exact) mass is 455 g/mol. The van der Waals surface area contributed by atoms with Crippen molar-refractivity contribution >= 4 is 33.7 Å². The molecule has 0 spiro atoms. The Hall–Kier alpha value is -3.46. The van der Waals surface area contributed by atoms with Crippen LogP contribution in [0, 0.1) is 0 Å². The number of benzene rings is 2. The molecule has 148 valence electrons. The van der Waals surface area contributed by atoms with Crippen LogP contribution in [-0.2, 0) is 4.79 Å². The Morgan fingerprint density at radius 1 is 0.931 bits per heavy atom. The summed E-state index contributed by atoms with van der Waals surface area (Å²) in [5.74, 6) is -1.23. The van der Waals surface area contributed by atoms with Gasteiger partial charge >= 0.3 is 0 Å². The van der Waals surface area contributed by atoms with Crippen LogP contribution in [0.3, 0.4) is 0 Å². The lowest BCUT2D eigenvalue weighted by atomic mass is 10.1. The van der Waals surface area contributed by atoms with Crippen molar-refractivity contribution in [2.45, 2.75) is 6.42 Å². The molecule has 0 atom stereocenters. The zero-order valence-electron chi connectivity index (χ0n) is 15.2. The minimum absolute atomic E-state index is 0.0147. The first kappa shape index (κ1) is 20.3. The van der Waals surface area contributed by atoms with Gasteiger partial charge in [0.1, 0.15) is 5.69 Å². The number of hydrazine groups is 1. The Morgan fingerprint density at radius 3 is 2.38 bits per heavy atom. The molecule has 0 bridgehead atoms. The van der Waals surface area contributed by atoms with E-state index in [0.717, 1.165) is 10.0 Å². The third-order valence-corrected chi connectivity index (χ3v) is 4.48. The number of halogens is 1. The van der Waals surface area contributed by atoms with E-state index < -0.39 is 11.8 Å². The van der Waals surface area contributed by atoms with Gasteiger partial charge in [-0.3, -0.25) is 30.3 Å². The maximum absolute atomic E-state index is 12.1. The van der Waals surface area contributed by atoms with E-state index in [9.17, 15) is 14.4 Å². The predicted octanol–water partition coefficient (Wildman–Crippen LogP) is 2.42. The van der Waals surface area contributed by atoms with E-state index in [1.165, 1.54) is 0 Å². The molecule has 29 heavy (non-hydrogen) atoms. The molecular weight excluding hydrogens is 438 g/mol. The standard InChI is InChI=1S/C20H18BrN5O3/c21-15-8-6-14(7-9-15)19(28)22-11-10-18(27)25-26-20(29)17-12-16(23-24-17)13-4-2-1-3-5-13/h1-9,12H,10-11H2,(H,22,28)(H,23,24)(H,25,27)(H,26,29). The predicted molar refractivity (Wildman–Crippen MR) is 111 cm³/mol. The second-order valence-corrected chi connectivity index (χ2v) is 6.96. The number of amides is 3. The van der Waals surface area contributed by atoms with E-state index >= 15 is 0 Å². The number of H-pyrrole nitrogens is 1. The Labute approximate surface area is 175 Å². The quantitative estimate of drug-likeness (QED) is 0.427. The zero-order chi connectivity index (χ0) is 20.6. The first-order valence-electron chi connectivity index (χ1n) is 8.77. The van der Waals surface area contributed by atoms with Crippen LogP contribution >= 0.6 is 15.9 Å². The smallest absolute Gasteiger partial charge is 0.287 e. The number of nitrogens with zero attached hydrogens (tertiary/aromatic N) is 1. The third-order valence-electron chi connectivity index (χ3n) is 3.95. The van der Waals surface area contributed by atoms with Gasteiger partial charge in [-0.25, -0.2) is 0 Å². The molecule has 0 unspecified atom stereocenters. The Balaban J connectivity index is 1.41. The molecule has 0 aliphatic rings. The molecule has 0 saturated heterocycles. The molecule has 1 aromatic heterocycles. The van der Waals surface area contributed by atoms with E-state index in [2.05, 4.69) is 42.3 Å². The van der Waals surface area contributed by atoms with Crippen molar-refractivity contribution in [2.24, 2.45) is 0 Å². The molecule has 1 heterocycles. The summed E-state index contributed by atoms with van der Waals surface area (Å²) >= 11 is 3.30. The van der Waals surface area contributed by atoms with Gasteiger partial charge in [-0.2, -0.15) is 5.10 Å². The highest BCUT2D eigenvalue weighted by molar-refractivity contribution is 9.10. The number of hydrogen-bond acceptors (Lipinski definition) is 4. The zero-order valence-corrected chi connectivity index (χ0v) is 16.8. The number of hydrogen-bond donors (Lipinski definition) is 4.